The maximum absolute atomic E-state index is 11.9. The lowest BCUT2D eigenvalue weighted by Crippen LogP contribution is -2.49. The lowest BCUT2D eigenvalue weighted by Gasteiger charge is -2.37. The van der Waals surface area contributed by atoms with E-state index in [0.717, 1.165) is 5.56 Å². The van der Waals surface area contributed by atoms with Crippen molar-refractivity contribution in [1.82, 2.24) is 14.9 Å². The van der Waals surface area contributed by atoms with Gasteiger partial charge in [-0.1, -0.05) is 30.3 Å². The summed E-state index contributed by atoms with van der Waals surface area (Å²) >= 11 is 0. The van der Waals surface area contributed by atoms with E-state index in [0.29, 0.717) is 24.6 Å². The second-order valence-electron chi connectivity index (χ2n) is 5.54. The molecule has 0 radical (unpaired) electrons. The molecule has 2 heterocycles. The number of amides is 1. The third-order valence-electron chi connectivity index (χ3n) is 3.84. The van der Waals surface area contributed by atoms with Crippen LogP contribution in [0.2, 0.25) is 0 Å². The Morgan fingerprint density at radius 1 is 1.35 bits per heavy atom. The summed E-state index contributed by atoms with van der Waals surface area (Å²) in [6.07, 6.45) is -0.369. The van der Waals surface area contributed by atoms with E-state index in [-0.39, 0.29) is 24.3 Å². The Labute approximate surface area is 132 Å². The summed E-state index contributed by atoms with van der Waals surface area (Å²) in [5.41, 5.74) is 1.49. The number of carboxylic acid groups (broad SMARTS) is 1. The smallest absolute Gasteiger partial charge is 0.410 e. The summed E-state index contributed by atoms with van der Waals surface area (Å²) in [6.45, 7) is 2.85. The Bertz CT molecular complexity index is 720. The number of aryl methyl sites for hydroxylation is 1. The van der Waals surface area contributed by atoms with Gasteiger partial charge >= 0.3 is 12.1 Å². The maximum atomic E-state index is 11.9. The summed E-state index contributed by atoms with van der Waals surface area (Å²) in [6, 6.07) is 9.47. The van der Waals surface area contributed by atoms with Gasteiger partial charge in [-0.2, -0.15) is 0 Å². The quantitative estimate of drug-likeness (QED) is 0.901. The third-order valence-corrected chi connectivity index (χ3v) is 3.84. The summed E-state index contributed by atoms with van der Waals surface area (Å²) < 4.78 is 5.25. The number of aromatic amines is 1. The molecular weight excluding hydrogens is 298 g/mol. The molecule has 7 nitrogen and oxygen atoms in total. The molecule has 1 aromatic heterocycles. The molecule has 3 rings (SSSR count). The van der Waals surface area contributed by atoms with Gasteiger partial charge in [-0.25, -0.2) is 14.6 Å². The predicted octanol–water partition coefficient (Wildman–Crippen LogP) is 2.15. The van der Waals surface area contributed by atoms with E-state index in [1.807, 2.05) is 30.3 Å². The molecule has 0 aliphatic carbocycles. The van der Waals surface area contributed by atoms with Crippen LogP contribution in [0.1, 0.15) is 33.5 Å². The minimum atomic E-state index is -1.05. The normalized spacial score (nSPS) is 14.4. The van der Waals surface area contributed by atoms with E-state index in [9.17, 15) is 9.59 Å². The Balaban J connectivity index is 1.51. The number of aromatic nitrogens is 2. The zero-order valence-electron chi connectivity index (χ0n) is 12.7. The van der Waals surface area contributed by atoms with Gasteiger partial charge in [0.2, 0.25) is 0 Å². The van der Waals surface area contributed by atoms with Crippen LogP contribution >= 0.6 is 0 Å². The molecule has 1 amide bonds. The van der Waals surface area contributed by atoms with E-state index in [4.69, 9.17) is 9.84 Å². The van der Waals surface area contributed by atoms with Crippen molar-refractivity contribution in [2.75, 3.05) is 13.1 Å². The Morgan fingerprint density at radius 3 is 2.65 bits per heavy atom. The molecule has 1 aliphatic heterocycles. The number of H-pyrrole nitrogens is 1. The highest BCUT2D eigenvalue weighted by Gasteiger charge is 2.35. The average molecular weight is 315 g/mol. The van der Waals surface area contributed by atoms with Crippen LogP contribution in [0.15, 0.2) is 30.3 Å². The number of likely N-dealkylation sites (tertiary alicyclic amines) is 1. The van der Waals surface area contributed by atoms with Gasteiger partial charge in [-0.05, 0) is 12.5 Å². The molecule has 1 fully saturated rings. The SMILES string of the molecule is Cc1[nH]c(C2CN(C(=O)OCc3ccccc3)C2)nc1C(=O)O. The van der Waals surface area contributed by atoms with Crippen LogP contribution in [0, 0.1) is 6.92 Å². The van der Waals surface area contributed by atoms with Crippen LogP contribution in [-0.2, 0) is 11.3 Å². The number of rotatable bonds is 4. The van der Waals surface area contributed by atoms with Crippen molar-refractivity contribution < 1.29 is 19.4 Å². The van der Waals surface area contributed by atoms with Crippen LogP contribution in [-0.4, -0.2) is 45.1 Å². The number of nitrogens with one attached hydrogen (secondary N) is 1. The topological polar surface area (TPSA) is 95.5 Å². The molecule has 1 aromatic carbocycles. The summed E-state index contributed by atoms with van der Waals surface area (Å²) in [5, 5.41) is 9.00. The van der Waals surface area contributed by atoms with Crippen molar-refractivity contribution in [1.29, 1.82) is 0 Å². The summed E-state index contributed by atoms with van der Waals surface area (Å²) in [4.78, 5) is 31.6. The molecule has 0 atom stereocenters. The first kappa shape index (κ1) is 15.1. The molecule has 0 spiro atoms. The number of carboxylic acids is 1. The van der Waals surface area contributed by atoms with Gasteiger partial charge in [-0.3, -0.25) is 0 Å². The minimum absolute atomic E-state index is 0.0195. The first-order valence-electron chi connectivity index (χ1n) is 7.30. The van der Waals surface area contributed by atoms with Gasteiger partial charge in [-0.15, -0.1) is 0 Å². The predicted molar refractivity (Wildman–Crippen MR) is 81.2 cm³/mol. The third kappa shape index (κ3) is 3.18. The highest BCUT2D eigenvalue weighted by Crippen LogP contribution is 2.26. The van der Waals surface area contributed by atoms with E-state index >= 15 is 0 Å². The number of hydrogen-bond acceptors (Lipinski definition) is 4. The minimum Gasteiger partial charge on any atom is -0.476 e. The van der Waals surface area contributed by atoms with Crippen LogP contribution < -0.4 is 0 Å². The molecule has 23 heavy (non-hydrogen) atoms. The standard InChI is InChI=1S/C16H17N3O4/c1-10-13(15(20)21)18-14(17-10)12-7-19(8-12)16(22)23-9-11-5-3-2-4-6-11/h2-6,12H,7-9H2,1H3,(H,17,18)(H,20,21). The van der Waals surface area contributed by atoms with Crippen molar-refractivity contribution in [3.05, 3.63) is 53.1 Å². The molecule has 2 N–H and O–H groups in total. The average Bonchev–Trinajstić information content (AvgIpc) is 2.86. The van der Waals surface area contributed by atoms with Gasteiger partial charge in [0.15, 0.2) is 5.69 Å². The second kappa shape index (κ2) is 6.12. The van der Waals surface area contributed by atoms with Crippen molar-refractivity contribution in [2.45, 2.75) is 19.4 Å². The highest BCUT2D eigenvalue weighted by atomic mass is 16.6. The number of imidazole rings is 1. The number of ether oxygens (including phenoxy) is 1. The first-order chi connectivity index (χ1) is 11.0. The Hall–Kier alpha value is -2.83. The summed E-state index contributed by atoms with van der Waals surface area (Å²) in [7, 11) is 0. The Morgan fingerprint density at radius 2 is 2.04 bits per heavy atom. The lowest BCUT2D eigenvalue weighted by atomic mass is 10.0. The molecule has 1 saturated heterocycles. The largest absolute Gasteiger partial charge is 0.476 e. The zero-order valence-corrected chi connectivity index (χ0v) is 12.7. The fourth-order valence-electron chi connectivity index (χ4n) is 2.50. The van der Waals surface area contributed by atoms with Crippen molar-refractivity contribution >= 4 is 12.1 Å². The van der Waals surface area contributed by atoms with Crippen molar-refractivity contribution in [3.63, 3.8) is 0 Å². The monoisotopic (exact) mass is 315 g/mol. The highest BCUT2D eigenvalue weighted by molar-refractivity contribution is 5.86. The number of benzene rings is 1. The van der Waals surface area contributed by atoms with Crippen LogP contribution in [0.25, 0.3) is 0 Å². The van der Waals surface area contributed by atoms with Gasteiger partial charge in [0.25, 0.3) is 0 Å². The lowest BCUT2D eigenvalue weighted by molar-refractivity contribution is 0.0643. The second-order valence-corrected chi connectivity index (χ2v) is 5.54. The fraction of sp³-hybridized carbons (Fsp3) is 0.312. The van der Waals surface area contributed by atoms with E-state index in [2.05, 4.69) is 9.97 Å². The maximum Gasteiger partial charge on any atom is 0.410 e. The Kier molecular flexibility index (Phi) is 4.01. The van der Waals surface area contributed by atoms with Gasteiger partial charge in [0.1, 0.15) is 12.4 Å². The van der Waals surface area contributed by atoms with Crippen molar-refractivity contribution in [3.8, 4) is 0 Å². The zero-order chi connectivity index (χ0) is 16.4. The molecule has 120 valence electrons. The number of carbonyl (C=O) groups is 2. The van der Waals surface area contributed by atoms with Crippen molar-refractivity contribution in [2.24, 2.45) is 0 Å². The van der Waals surface area contributed by atoms with Gasteiger partial charge < -0.3 is 19.7 Å². The van der Waals surface area contributed by atoms with E-state index in [1.54, 1.807) is 11.8 Å². The van der Waals surface area contributed by atoms with Gasteiger partial charge in [0.05, 0.1) is 5.92 Å². The first-order valence-corrected chi connectivity index (χ1v) is 7.30. The number of nitrogens with zero attached hydrogens (tertiary/aromatic N) is 2. The van der Waals surface area contributed by atoms with Crippen LogP contribution in [0.5, 0.6) is 0 Å². The molecule has 0 saturated carbocycles. The molecule has 0 bridgehead atoms. The van der Waals surface area contributed by atoms with Crippen LogP contribution in [0.4, 0.5) is 4.79 Å². The van der Waals surface area contributed by atoms with E-state index < -0.39 is 5.97 Å². The molecule has 0 unspecified atom stereocenters. The number of hydrogen-bond donors (Lipinski definition) is 2. The summed E-state index contributed by atoms with van der Waals surface area (Å²) in [5.74, 6) is -0.429. The van der Waals surface area contributed by atoms with Crippen LogP contribution in [0.3, 0.4) is 0 Å². The van der Waals surface area contributed by atoms with E-state index in [1.165, 1.54) is 0 Å². The van der Waals surface area contributed by atoms with Gasteiger partial charge in [0, 0.05) is 18.8 Å². The molecular formula is C16H17N3O4. The molecule has 1 aliphatic rings. The molecule has 2 aromatic rings. The molecule has 7 heteroatoms. The number of aromatic carboxylic acids is 1. The number of carbonyl (C=O) groups excluding carboxylic acids is 1. The fourth-order valence-corrected chi connectivity index (χ4v) is 2.50.